The van der Waals surface area contributed by atoms with Gasteiger partial charge in [-0.15, -0.1) is 0 Å². The summed E-state index contributed by atoms with van der Waals surface area (Å²) in [6, 6.07) is 0.687. The third kappa shape index (κ3) is 1.99. The van der Waals surface area contributed by atoms with E-state index in [4.69, 9.17) is 0 Å². The lowest BCUT2D eigenvalue weighted by Gasteiger charge is -2.29. The standard InChI is InChI=1S/C18H30N2O/c1-4-5-6-13-18(21)20(17(19-13)10(2)3)16-14-11-7-8-12(9-11)15(14)16/h10-17,19H,4-9H2,1-3H3. The molecule has 6 unspecified atom stereocenters. The zero-order valence-corrected chi connectivity index (χ0v) is 13.7. The first-order valence-corrected chi connectivity index (χ1v) is 9.21. The molecule has 21 heavy (non-hydrogen) atoms. The van der Waals surface area contributed by atoms with Gasteiger partial charge in [0.1, 0.15) is 0 Å². The van der Waals surface area contributed by atoms with E-state index in [0.717, 1.165) is 36.5 Å². The van der Waals surface area contributed by atoms with Gasteiger partial charge in [-0.05, 0) is 55.3 Å². The molecular weight excluding hydrogens is 260 g/mol. The smallest absolute Gasteiger partial charge is 0.241 e. The highest BCUT2D eigenvalue weighted by molar-refractivity contribution is 5.85. The zero-order chi connectivity index (χ0) is 14.7. The molecule has 3 heteroatoms. The fourth-order valence-electron chi connectivity index (χ4n) is 5.79. The molecule has 0 aromatic heterocycles. The van der Waals surface area contributed by atoms with E-state index in [2.05, 4.69) is 31.0 Å². The van der Waals surface area contributed by atoms with Gasteiger partial charge in [-0.1, -0.05) is 33.6 Å². The topological polar surface area (TPSA) is 32.3 Å². The second-order valence-electron chi connectivity index (χ2n) is 8.27. The number of unbranched alkanes of at least 4 members (excludes halogenated alkanes) is 1. The fraction of sp³-hybridized carbons (Fsp3) is 0.944. The number of hydrogen-bond donors (Lipinski definition) is 1. The van der Waals surface area contributed by atoms with E-state index in [1.807, 2.05) is 0 Å². The van der Waals surface area contributed by atoms with Crippen molar-refractivity contribution in [2.45, 2.75) is 77.5 Å². The van der Waals surface area contributed by atoms with Crippen molar-refractivity contribution in [1.29, 1.82) is 0 Å². The van der Waals surface area contributed by atoms with E-state index in [1.165, 1.54) is 25.7 Å². The van der Waals surface area contributed by atoms with Crippen LogP contribution in [0.1, 0.15) is 59.3 Å². The van der Waals surface area contributed by atoms with Gasteiger partial charge < -0.3 is 4.90 Å². The summed E-state index contributed by atoms with van der Waals surface area (Å²) in [4.78, 5) is 15.2. The average Bonchev–Trinajstić information content (AvgIpc) is 2.79. The summed E-state index contributed by atoms with van der Waals surface area (Å²) in [5, 5.41) is 3.66. The highest BCUT2D eigenvalue weighted by Gasteiger charge is 2.69. The highest BCUT2D eigenvalue weighted by atomic mass is 16.2. The fourth-order valence-corrected chi connectivity index (χ4v) is 5.79. The minimum absolute atomic E-state index is 0.0938. The third-order valence-electron chi connectivity index (χ3n) is 6.72. The maximum Gasteiger partial charge on any atom is 0.241 e. The van der Waals surface area contributed by atoms with Crippen molar-refractivity contribution in [3.8, 4) is 0 Å². The molecule has 3 nitrogen and oxygen atoms in total. The number of amides is 1. The predicted octanol–water partition coefficient (Wildman–Crippen LogP) is 3.00. The lowest BCUT2D eigenvalue weighted by Crippen LogP contribution is -2.44. The molecule has 1 heterocycles. The van der Waals surface area contributed by atoms with Gasteiger partial charge in [0.25, 0.3) is 0 Å². The molecule has 1 N–H and O–H groups in total. The number of rotatable bonds is 5. The number of carbonyl (C=O) groups excluding carboxylic acids is 1. The van der Waals surface area contributed by atoms with E-state index >= 15 is 0 Å². The van der Waals surface area contributed by atoms with Crippen molar-refractivity contribution in [3.63, 3.8) is 0 Å². The minimum atomic E-state index is 0.0938. The van der Waals surface area contributed by atoms with Gasteiger partial charge in [0, 0.05) is 6.04 Å². The summed E-state index contributed by atoms with van der Waals surface area (Å²) in [7, 11) is 0. The summed E-state index contributed by atoms with van der Waals surface area (Å²) in [5.41, 5.74) is 0. The highest BCUT2D eigenvalue weighted by Crippen LogP contribution is 2.67. The number of hydrogen-bond acceptors (Lipinski definition) is 2. The van der Waals surface area contributed by atoms with Gasteiger partial charge in [0.15, 0.2) is 0 Å². The number of nitrogens with zero attached hydrogens (tertiary/aromatic N) is 1. The molecule has 4 aliphatic rings. The quantitative estimate of drug-likeness (QED) is 0.844. The molecule has 0 spiro atoms. The van der Waals surface area contributed by atoms with Crippen molar-refractivity contribution in [1.82, 2.24) is 10.2 Å². The Balaban J connectivity index is 1.51. The zero-order valence-electron chi connectivity index (χ0n) is 13.7. The van der Waals surface area contributed by atoms with Crippen molar-refractivity contribution in [2.24, 2.45) is 29.6 Å². The van der Waals surface area contributed by atoms with Crippen LogP contribution in [0.5, 0.6) is 0 Å². The largest absolute Gasteiger partial charge is 0.322 e. The molecule has 6 atom stereocenters. The van der Waals surface area contributed by atoms with E-state index < -0.39 is 0 Å². The number of carbonyl (C=O) groups is 1. The van der Waals surface area contributed by atoms with Gasteiger partial charge in [0.05, 0.1) is 12.2 Å². The van der Waals surface area contributed by atoms with E-state index in [1.54, 1.807) is 0 Å². The Bertz CT molecular complexity index is 419. The average molecular weight is 290 g/mol. The summed E-state index contributed by atoms with van der Waals surface area (Å²) in [6.07, 6.45) is 7.97. The van der Waals surface area contributed by atoms with Crippen LogP contribution in [-0.4, -0.2) is 29.1 Å². The Morgan fingerprint density at radius 1 is 1.24 bits per heavy atom. The van der Waals surface area contributed by atoms with Crippen molar-refractivity contribution >= 4 is 5.91 Å². The monoisotopic (exact) mass is 290 g/mol. The molecule has 0 aromatic carbocycles. The normalized spacial score (nSPS) is 47.5. The predicted molar refractivity (Wildman–Crippen MR) is 83.5 cm³/mol. The van der Waals surface area contributed by atoms with Gasteiger partial charge in [0.2, 0.25) is 5.91 Å². The van der Waals surface area contributed by atoms with Gasteiger partial charge in [-0.25, -0.2) is 0 Å². The molecule has 0 radical (unpaired) electrons. The molecule has 0 aromatic rings. The molecular formula is C18H30N2O. The van der Waals surface area contributed by atoms with Crippen LogP contribution >= 0.6 is 0 Å². The Hall–Kier alpha value is -0.570. The third-order valence-corrected chi connectivity index (χ3v) is 6.72. The van der Waals surface area contributed by atoms with Crippen LogP contribution in [0.2, 0.25) is 0 Å². The Morgan fingerprint density at radius 2 is 1.90 bits per heavy atom. The van der Waals surface area contributed by atoms with Gasteiger partial charge >= 0.3 is 0 Å². The molecule has 4 fully saturated rings. The summed E-state index contributed by atoms with van der Waals surface area (Å²) in [6.45, 7) is 6.72. The summed E-state index contributed by atoms with van der Waals surface area (Å²) < 4.78 is 0. The molecule has 3 saturated carbocycles. The van der Waals surface area contributed by atoms with Crippen molar-refractivity contribution in [3.05, 3.63) is 0 Å². The van der Waals surface area contributed by atoms with Gasteiger partial charge in [-0.2, -0.15) is 0 Å². The first kappa shape index (κ1) is 14.0. The number of nitrogens with one attached hydrogen (secondary N) is 1. The van der Waals surface area contributed by atoms with Crippen molar-refractivity contribution < 1.29 is 4.79 Å². The van der Waals surface area contributed by atoms with E-state index in [0.29, 0.717) is 17.9 Å². The van der Waals surface area contributed by atoms with Crippen LogP contribution in [-0.2, 0) is 4.79 Å². The Labute approximate surface area is 128 Å². The van der Waals surface area contributed by atoms with Gasteiger partial charge in [-0.3, -0.25) is 10.1 Å². The summed E-state index contributed by atoms with van der Waals surface area (Å²) in [5.74, 6) is 4.54. The maximum atomic E-state index is 12.9. The van der Waals surface area contributed by atoms with Crippen molar-refractivity contribution in [2.75, 3.05) is 0 Å². The van der Waals surface area contributed by atoms with Crippen LogP contribution < -0.4 is 5.32 Å². The molecule has 1 saturated heterocycles. The van der Waals surface area contributed by atoms with Crippen LogP contribution in [0.25, 0.3) is 0 Å². The lowest BCUT2D eigenvalue weighted by atomic mass is 10.0. The van der Waals surface area contributed by atoms with E-state index in [-0.39, 0.29) is 12.2 Å². The molecule has 1 amide bonds. The maximum absolute atomic E-state index is 12.9. The molecule has 1 aliphatic heterocycles. The second kappa shape index (κ2) is 4.97. The lowest BCUT2D eigenvalue weighted by molar-refractivity contribution is -0.131. The SMILES string of the molecule is CCCCC1NC(C(C)C)N(C2C3C4CCC(C4)C32)C1=O. The van der Waals surface area contributed by atoms with Crippen LogP contribution in [0.3, 0.4) is 0 Å². The molecule has 118 valence electrons. The van der Waals surface area contributed by atoms with Crippen LogP contribution in [0, 0.1) is 29.6 Å². The van der Waals surface area contributed by atoms with Crippen LogP contribution in [0.4, 0.5) is 0 Å². The minimum Gasteiger partial charge on any atom is -0.322 e. The summed E-state index contributed by atoms with van der Waals surface area (Å²) >= 11 is 0. The molecule has 2 bridgehead atoms. The second-order valence-corrected chi connectivity index (χ2v) is 8.27. The Kier molecular flexibility index (Phi) is 3.33. The number of fused-ring (bicyclic) bond motifs is 5. The Morgan fingerprint density at radius 3 is 2.48 bits per heavy atom. The first-order chi connectivity index (χ1) is 10.1. The first-order valence-electron chi connectivity index (χ1n) is 9.21. The van der Waals surface area contributed by atoms with Crippen LogP contribution in [0.15, 0.2) is 0 Å². The molecule has 3 aliphatic carbocycles. The molecule has 4 rings (SSSR count). The van der Waals surface area contributed by atoms with E-state index in [9.17, 15) is 4.79 Å².